The van der Waals surface area contributed by atoms with Crippen LogP contribution in [0.1, 0.15) is 11.1 Å². The number of hydrogen-bond donors (Lipinski definition) is 4. The average Bonchev–Trinajstić information content (AvgIpc) is 2.63. The second kappa shape index (κ2) is 10.2. The number of primary amides is 1. The number of carbonyl (C=O) groups excluding carboxylic acids is 2. The van der Waals surface area contributed by atoms with Gasteiger partial charge in [0.25, 0.3) is 0 Å². The van der Waals surface area contributed by atoms with Crippen LogP contribution in [0, 0.1) is 10.1 Å². The second-order valence-electron chi connectivity index (χ2n) is 6.04. The molecule has 0 aromatic heterocycles. The van der Waals surface area contributed by atoms with E-state index in [4.69, 9.17) is 11.5 Å². The van der Waals surface area contributed by atoms with Crippen molar-refractivity contribution in [1.29, 1.82) is 0 Å². The summed E-state index contributed by atoms with van der Waals surface area (Å²) in [4.78, 5) is 34.1. The van der Waals surface area contributed by atoms with Crippen LogP contribution in [0.5, 0.6) is 5.75 Å². The van der Waals surface area contributed by atoms with Crippen molar-refractivity contribution in [3.05, 3.63) is 69.8 Å². The van der Waals surface area contributed by atoms with Crippen LogP contribution >= 0.6 is 12.4 Å². The lowest BCUT2D eigenvalue weighted by atomic mass is 10.0. The predicted molar refractivity (Wildman–Crippen MR) is 105 cm³/mol. The van der Waals surface area contributed by atoms with E-state index in [2.05, 4.69) is 5.32 Å². The lowest BCUT2D eigenvalue weighted by molar-refractivity contribution is -0.385. The van der Waals surface area contributed by atoms with Crippen molar-refractivity contribution in [2.24, 2.45) is 11.5 Å². The first kappa shape index (κ1) is 22.9. The standard InChI is InChI=1S/C18H20N4O5.ClH/c19-13(8-11-4-2-1-3-5-11)18(25)21-14(17(20)24)9-12-6-7-16(23)15(10-12)22(26)27;/h1-7,10,13-14,23H,8-9,19H2,(H2,20,24)(H,21,25);1H. The fraction of sp³-hybridized carbons (Fsp3) is 0.222. The Bertz CT molecular complexity index is 847. The van der Waals surface area contributed by atoms with E-state index in [1.807, 2.05) is 30.3 Å². The number of phenolic OH excluding ortho intramolecular Hbond substituents is 1. The largest absolute Gasteiger partial charge is 0.502 e. The number of nitrogens with two attached hydrogens (primary N) is 2. The number of nitro benzene ring substituents is 1. The Hall–Kier alpha value is -3.17. The van der Waals surface area contributed by atoms with E-state index in [9.17, 15) is 24.8 Å². The van der Waals surface area contributed by atoms with Crippen LogP contribution in [-0.2, 0) is 22.4 Å². The average molecular weight is 409 g/mol. The predicted octanol–water partition coefficient (Wildman–Crippen LogP) is 0.805. The quantitative estimate of drug-likeness (QED) is 0.373. The molecule has 2 aromatic carbocycles. The maximum absolute atomic E-state index is 12.3. The lowest BCUT2D eigenvalue weighted by Gasteiger charge is -2.19. The van der Waals surface area contributed by atoms with Gasteiger partial charge in [0.2, 0.25) is 11.8 Å². The minimum atomic E-state index is -1.09. The molecule has 2 unspecified atom stereocenters. The van der Waals surface area contributed by atoms with Crippen molar-refractivity contribution in [2.75, 3.05) is 0 Å². The van der Waals surface area contributed by atoms with Crippen LogP contribution in [0.15, 0.2) is 48.5 Å². The van der Waals surface area contributed by atoms with Gasteiger partial charge in [0, 0.05) is 12.5 Å². The van der Waals surface area contributed by atoms with Gasteiger partial charge in [0.1, 0.15) is 6.04 Å². The molecule has 0 radical (unpaired) electrons. The number of nitrogens with one attached hydrogen (secondary N) is 1. The molecular weight excluding hydrogens is 388 g/mol. The number of nitro groups is 1. The molecule has 0 bridgehead atoms. The molecule has 2 atom stereocenters. The smallest absolute Gasteiger partial charge is 0.310 e. The first-order valence-electron chi connectivity index (χ1n) is 8.13. The first-order valence-corrected chi connectivity index (χ1v) is 8.13. The number of rotatable bonds is 8. The van der Waals surface area contributed by atoms with E-state index < -0.39 is 40.3 Å². The molecule has 0 spiro atoms. The van der Waals surface area contributed by atoms with Crippen LogP contribution in [0.2, 0.25) is 0 Å². The highest BCUT2D eigenvalue weighted by molar-refractivity contribution is 5.89. The third kappa shape index (κ3) is 6.22. The van der Waals surface area contributed by atoms with Crippen molar-refractivity contribution in [3.63, 3.8) is 0 Å². The molecule has 150 valence electrons. The highest BCUT2D eigenvalue weighted by Crippen LogP contribution is 2.26. The molecule has 0 aliphatic heterocycles. The van der Waals surface area contributed by atoms with E-state index in [0.29, 0.717) is 5.56 Å². The molecule has 0 fully saturated rings. The fourth-order valence-corrected chi connectivity index (χ4v) is 2.54. The Labute approximate surface area is 167 Å². The van der Waals surface area contributed by atoms with Crippen LogP contribution in [-0.4, -0.2) is 33.9 Å². The van der Waals surface area contributed by atoms with Gasteiger partial charge >= 0.3 is 5.69 Å². The highest BCUT2D eigenvalue weighted by Gasteiger charge is 2.24. The van der Waals surface area contributed by atoms with E-state index >= 15 is 0 Å². The van der Waals surface area contributed by atoms with Gasteiger partial charge in [-0.3, -0.25) is 19.7 Å². The van der Waals surface area contributed by atoms with Gasteiger partial charge in [-0.05, 0) is 23.6 Å². The fourth-order valence-electron chi connectivity index (χ4n) is 2.54. The van der Waals surface area contributed by atoms with E-state index in [-0.39, 0.29) is 25.2 Å². The summed E-state index contributed by atoms with van der Waals surface area (Å²) in [6.45, 7) is 0. The third-order valence-electron chi connectivity index (χ3n) is 3.97. The Morgan fingerprint density at radius 2 is 1.75 bits per heavy atom. The molecule has 2 rings (SSSR count). The molecule has 0 aliphatic rings. The van der Waals surface area contributed by atoms with Crippen LogP contribution in [0.25, 0.3) is 0 Å². The number of phenols is 1. The van der Waals surface area contributed by atoms with E-state index in [0.717, 1.165) is 17.7 Å². The molecule has 0 saturated heterocycles. The van der Waals surface area contributed by atoms with Gasteiger partial charge in [0.05, 0.1) is 11.0 Å². The Morgan fingerprint density at radius 3 is 2.32 bits per heavy atom. The van der Waals surface area contributed by atoms with Crippen molar-refractivity contribution in [3.8, 4) is 5.75 Å². The molecule has 0 heterocycles. The molecule has 2 amide bonds. The number of hydrogen-bond acceptors (Lipinski definition) is 6. The van der Waals surface area contributed by atoms with E-state index in [1.54, 1.807) is 0 Å². The Morgan fingerprint density at radius 1 is 1.11 bits per heavy atom. The highest BCUT2D eigenvalue weighted by atomic mass is 35.5. The number of carbonyl (C=O) groups is 2. The summed E-state index contributed by atoms with van der Waals surface area (Å²) < 4.78 is 0. The van der Waals surface area contributed by atoms with Crippen molar-refractivity contribution in [2.45, 2.75) is 24.9 Å². The summed E-state index contributed by atoms with van der Waals surface area (Å²) in [5.74, 6) is -1.85. The summed E-state index contributed by atoms with van der Waals surface area (Å²) in [6, 6.07) is 10.8. The molecule has 9 nitrogen and oxygen atoms in total. The topological polar surface area (TPSA) is 162 Å². The number of nitrogens with zero attached hydrogens (tertiary/aromatic N) is 1. The normalized spacial score (nSPS) is 12.3. The van der Waals surface area contributed by atoms with E-state index in [1.165, 1.54) is 6.07 Å². The number of aromatic hydroxyl groups is 1. The molecule has 6 N–H and O–H groups in total. The number of benzene rings is 2. The van der Waals surface area contributed by atoms with Gasteiger partial charge in [-0.25, -0.2) is 0 Å². The van der Waals surface area contributed by atoms with Crippen molar-refractivity contribution in [1.82, 2.24) is 5.32 Å². The van der Waals surface area contributed by atoms with Crippen LogP contribution < -0.4 is 16.8 Å². The van der Waals surface area contributed by atoms with Crippen molar-refractivity contribution < 1.29 is 19.6 Å². The third-order valence-corrected chi connectivity index (χ3v) is 3.97. The zero-order valence-electron chi connectivity index (χ0n) is 14.8. The molecule has 2 aromatic rings. The van der Waals surface area contributed by atoms with Crippen LogP contribution in [0.3, 0.4) is 0 Å². The Balaban J connectivity index is 0.00000392. The molecule has 28 heavy (non-hydrogen) atoms. The maximum atomic E-state index is 12.3. The molecule has 0 aliphatic carbocycles. The zero-order valence-corrected chi connectivity index (χ0v) is 15.6. The first-order chi connectivity index (χ1) is 12.8. The molecule has 10 heteroatoms. The second-order valence-corrected chi connectivity index (χ2v) is 6.04. The van der Waals surface area contributed by atoms with Gasteiger partial charge in [-0.2, -0.15) is 0 Å². The number of halogens is 1. The van der Waals surface area contributed by atoms with Crippen molar-refractivity contribution >= 4 is 29.9 Å². The van der Waals surface area contributed by atoms with Crippen LogP contribution in [0.4, 0.5) is 5.69 Å². The molecule has 0 saturated carbocycles. The minimum Gasteiger partial charge on any atom is -0.502 e. The summed E-state index contributed by atoms with van der Waals surface area (Å²) in [6.07, 6.45) is 0.211. The van der Waals surface area contributed by atoms with Gasteiger partial charge in [0.15, 0.2) is 5.75 Å². The minimum absolute atomic E-state index is 0. The number of amides is 2. The summed E-state index contributed by atoms with van der Waals surface area (Å²) in [5, 5.41) is 22.9. The summed E-state index contributed by atoms with van der Waals surface area (Å²) in [5.41, 5.74) is 12.0. The lowest BCUT2D eigenvalue weighted by Crippen LogP contribution is -2.51. The molecular formula is C18H21ClN4O5. The Kier molecular flexibility index (Phi) is 8.36. The van der Waals surface area contributed by atoms with Gasteiger partial charge < -0.3 is 21.9 Å². The van der Waals surface area contributed by atoms with Gasteiger partial charge in [-0.15, -0.1) is 12.4 Å². The SMILES string of the molecule is Cl.NC(=O)C(Cc1ccc(O)c([N+](=O)[O-])c1)NC(=O)C(N)Cc1ccccc1. The monoisotopic (exact) mass is 408 g/mol. The zero-order chi connectivity index (χ0) is 20.0. The van der Waals surface area contributed by atoms with Gasteiger partial charge in [-0.1, -0.05) is 36.4 Å². The summed E-state index contributed by atoms with van der Waals surface area (Å²) >= 11 is 0. The maximum Gasteiger partial charge on any atom is 0.310 e. The summed E-state index contributed by atoms with van der Waals surface area (Å²) in [7, 11) is 0.